The van der Waals surface area contributed by atoms with Gasteiger partial charge in [-0.3, -0.25) is 0 Å². The molecule has 0 saturated carbocycles. The molecule has 1 aromatic carbocycles. The van der Waals surface area contributed by atoms with Gasteiger partial charge in [0, 0.05) is 13.1 Å². The quantitative estimate of drug-likeness (QED) is 0.716. The van der Waals surface area contributed by atoms with Gasteiger partial charge in [0.15, 0.2) is 0 Å². The summed E-state index contributed by atoms with van der Waals surface area (Å²) < 4.78 is 37.3. The minimum absolute atomic E-state index is 0.125. The Balaban J connectivity index is 2.03. The Morgan fingerprint density at radius 2 is 2.12 bits per heavy atom. The monoisotopic (exact) mass is 338 g/mol. The second kappa shape index (κ2) is 6.48. The van der Waals surface area contributed by atoms with E-state index >= 15 is 0 Å². The van der Waals surface area contributed by atoms with Gasteiger partial charge in [0.2, 0.25) is 5.88 Å². The van der Waals surface area contributed by atoms with Crippen molar-refractivity contribution in [2.75, 3.05) is 0 Å². The van der Waals surface area contributed by atoms with Crippen molar-refractivity contribution in [3.8, 4) is 17.3 Å². The summed E-state index contributed by atoms with van der Waals surface area (Å²) >= 11 is 0. The van der Waals surface area contributed by atoms with E-state index in [9.17, 15) is 13.6 Å². The Hall–Kier alpha value is -3.24. The van der Waals surface area contributed by atoms with Crippen molar-refractivity contribution in [3.05, 3.63) is 46.5 Å². The number of aromatic amines is 1. The van der Waals surface area contributed by atoms with Gasteiger partial charge in [-0.1, -0.05) is 6.07 Å². The predicted octanol–water partition coefficient (Wildman–Crippen LogP) is 0.869. The van der Waals surface area contributed by atoms with E-state index in [1.54, 1.807) is 6.07 Å². The third-order valence-corrected chi connectivity index (χ3v) is 3.12. The molecule has 3 aromatic rings. The van der Waals surface area contributed by atoms with E-state index in [1.807, 2.05) is 0 Å². The first kappa shape index (κ1) is 15.6. The highest BCUT2D eigenvalue weighted by atomic mass is 19.3. The van der Waals surface area contributed by atoms with Crippen LogP contribution in [0.2, 0.25) is 0 Å². The van der Waals surface area contributed by atoms with Gasteiger partial charge in [0.25, 0.3) is 0 Å². The van der Waals surface area contributed by atoms with Crippen LogP contribution in [0.15, 0.2) is 35.3 Å². The highest BCUT2D eigenvalue weighted by Crippen LogP contribution is 2.27. The van der Waals surface area contributed by atoms with Crippen LogP contribution in [-0.2, 0) is 13.7 Å². The number of aryl methyl sites for hydroxylation is 1. The lowest BCUT2D eigenvalue weighted by molar-refractivity contribution is -0.0508. The number of alkyl halides is 2. The number of ether oxygens (including phenoxy) is 2. The van der Waals surface area contributed by atoms with Crippen molar-refractivity contribution >= 4 is 0 Å². The summed E-state index contributed by atoms with van der Waals surface area (Å²) in [5.74, 6) is 0.207. The standard InChI is InChI=1S/C13H12F2N6O3/c1-20-13(22)21(19-18-20)9-3-2-4-10(24-12(14)15)8(9)7-23-11-5-6-16-17-11/h2-6,12H,7H2,1H3,(H,16,17). The summed E-state index contributed by atoms with van der Waals surface area (Å²) in [4.78, 5) is 12.0. The Morgan fingerprint density at radius 3 is 2.75 bits per heavy atom. The Morgan fingerprint density at radius 1 is 1.29 bits per heavy atom. The van der Waals surface area contributed by atoms with E-state index in [2.05, 4.69) is 25.4 Å². The summed E-state index contributed by atoms with van der Waals surface area (Å²) in [6, 6.07) is 5.90. The highest BCUT2D eigenvalue weighted by molar-refractivity contribution is 5.49. The van der Waals surface area contributed by atoms with E-state index < -0.39 is 12.3 Å². The summed E-state index contributed by atoms with van der Waals surface area (Å²) in [7, 11) is 1.42. The Bertz CT molecular complexity index is 874. The molecular formula is C13H12F2N6O3. The Labute approximate surface area is 133 Å². The van der Waals surface area contributed by atoms with E-state index in [1.165, 1.54) is 31.4 Å². The molecule has 0 bridgehead atoms. The van der Waals surface area contributed by atoms with Crippen LogP contribution in [0.1, 0.15) is 5.56 Å². The van der Waals surface area contributed by atoms with Gasteiger partial charge in [-0.05, 0) is 22.6 Å². The minimum atomic E-state index is -3.02. The van der Waals surface area contributed by atoms with E-state index in [4.69, 9.17) is 4.74 Å². The average molecular weight is 338 g/mol. The summed E-state index contributed by atoms with van der Waals surface area (Å²) in [6.07, 6.45) is 1.48. The lowest BCUT2D eigenvalue weighted by Crippen LogP contribution is -2.23. The number of tetrazole rings is 1. The minimum Gasteiger partial charge on any atom is -0.473 e. The first-order chi connectivity index (χ1) is 11.6. The van der Waals surface area contributed by atoms with Gasteiger partial charge >= 0.3 is 12.3 Å². The molecule has 0 aliphatic carbocycles. The highest BCUT2D eigenvalue weighted by Gasteiger charge is 2.18. The maximum Gasteiger partial charge on any atom is 0.387 e. The molecule has 2 heterocycles. The topological polar surface area (TPSA) is 99.8 Å². The third-order valence-electron chi connectivity index (χ3n) is 3.12. The smallest absolute Gasteiger partial charge is 0.387 e. The largest absolute Gasteiger partial charge is 0.473 e. The van der Waals surface area contributed by atoms with Gasteiger partial charge in [0.1, 0.15) is 12.4 Å². The van der Waals surface area contributed by atoms with Gasteiger partial charge in [-0.2, -0.15) is 23.2 Å². The molecule has 0 unspecified atom stereocenters. The second-order valence-electron chi connectivity index (χ2n) is 4.64. The van der Waals surface area contributed by atoms with Crippen LogP contribution >= 0.6 is 0 Å². The number of benzene rings is 1. The normalized spacial score (nSPS) is 11.0. The van der Waals surface area contributed by atoms with E-state index in [-0.39, 0.29) is 23.6 Å². The van der Waals surface area contributed by atoms with Gasteiger partial charge in [-0.15, -0.1) is 0 Å². The zero-order chi connectivity index (χ0) is 17.1. The van der Waals surface area contributed by atoms with Crippen LogP contribution in [0.3, 0.4) is 0 Å². The lowest BCUT2D eigenvalue weighted by Gasteiger charge is -2.14. The van der Waals surface area contributed by atoms with Gasteiger partial charge < -0.3 is 9.47 Å². The molecule has 2 aromatic heterocycles. The number of aromatic nitrogens is 6. The number of H-pyrrole nitrogens is 1. The van der Waals surface area contributed by atoms with Crippen LogP contribution in [0.5, 0.6) is 11.6 Å². The number of hydrogen-bond donors (Lipinski definition) is 1. The number of hydrogen-bond acceptors (Lipinski definition) is 6. The molecule has 0 radical (unpaired) electrons. The molecule has 0 aliphatic heterocycles. The summed E-state index contributed by atoms with van der Waals surface area (Å²) in [5, 5.41) is 13.6. The molecule has 0 aliphatic rings. The van der Waals surface area contributed by atoms with Gasteiger partial charge in [-0.25, -0.2) is 9.89 Å². The first-order valence-electron chi connectivity index (χ1n) is 6.74. The maximum atomic E-state index is 12.7. The molecule has 0 fully saturated rings. The fourth-order valence-electron chi connectivity index (χ4n) is 2.04. The third kappa shape index (κ3) is 3.09. The van der Waals surface area contributed by atoms with E-state index in [0.29, 0.717) is 5.88 Å². The number of nitrogens with zero attached hydrogens (tertiary/aromatic N) is 5. The van der Waals surface area contributed by atoms with Crippen molar-refractivity contribution in [2.24, 2.45) is 7.05 Å². The van der Waals surface area contributed by atoms with Crippen molar-refractivity contribution in [1.82, 2.24) is 30.0 Å². The molecular weight excluding hydrogens is 326 g/mol. The molecule has 126 valence electrons. The maximum absolute atomic E-state index is 12.7. The zero-order valence-corrected chi connectivity index (χ0v) is 12.4. The van der Waals surface area contributed by atoms with Crippen LogP contribution in [0.4, 0.5) is 8.78 Å². The molecule has 3 rings (SSSR count). The fraction of sp³-hybridized carbons (Fsp3) is 0.231. The number of halogens is 2. The predicted molar refractivity (Wildman–Crippen MR) is 76.2 cm³/mol. The van der Waals surface area contributed by atoms with E-state index in [0.717, 1.165) is 9.36 Å². The summed E-state index contributed by atoms with van der Waals surface area (Å²) in [5.41, 5.74) is -0.0900. The van der Waals surface area contributed by atoms with Crippen molar-refractivity contribution in [3.63, 3.8) is 0 Å². The summed E-state index contributed by atoms with van der Waals surface area (Å²) in [6.45, 7) is -3.17. The molecule has 24 heavy (non-hydrogen) atoms. The fourth-order valence-corrected chi connectivity index (χ4v) is 2.04. The number of rotatable bonds is 6. The van der Waals surface area contributed by atoms with Crippen molar-refractivity contribution < 1.29 is 18.3 Å². The molecule has 0 spiro atoms. The van der Waals surface area contributed by atoms with Crippen molar-refractivity contribution in [2.45, 2.75) is 13.2 Å². The molecule has 11 heteroatoms. The van der Waals surface area contributed by atoms with Crippen molar-refractivity contribution in [1.29, 1.82) is 0 Å². The van der Waals surface area contributed by atoms with Crippen LogP contribution in [-0.4, -0.2) is 36.6 Å². The SMILES string of the molecule is Cn1nnn(-c2cccc(OC(F)F)c2COc2ccn[nH]2)c1=O. The molecule has 9 nitrogen and oxygen atoms in total. The second-order valence-corrected chi connectivity index (χ2v) is 4.64. The number of nitrogens with one attached hydrogen (secondary N) is 1. The van der Waals surface area contributed by atoms with Crippen LogP contribution in [0, 0.1) is 0 Å². The van der Waals surface area contributed by atoms with Crippen LogP contribution in [0.25, 0.3) is 5.69 Å². The average Bonchev–Trinajstić information content (AvgIpc) is 3.17. The molecule has 0 amide bonds. The molecule has 0 saturated heterocycles. The van der Waals surface area contributed by atoms with Gasteiger partial charge in [0.05, 0.1) is 17.4 Å². The first-order valence-corrected chi connectivity index (χ1v) is 6.74. The Kier molecular flexibility index (Phi) is 4.22. The lowest BCUT2D eigenvalue weighted by atomic mass is 10.1. The van der Waals surface area contributed by atoms with Crippen LogP contribution < -0.4 is 15.2 Å². The zero-order valence-electron chi connectivity index (χ0n) is 12.4. The molecule has 0 atom stereocenters. The molecule has 1 N–H and O–H groups in total.